The van der Waals surface area contributed by atoms with Crippen molar-refractivity contribution in [1.82, 2.24) is 15.2 Å². The molecule has 0 unspecified atom stereocenters. The Hall–Kier alpha value is -0.750. The largest absolute Gasteiger partial charge is 0.313 e. The van der Waals surface area contributed by atoms with Crippen LogP contribution >= 0.6 is 27.3 Å². The summed E-state index contributed by atoms with van der Waals surface area (Å²) in [6.07, 6.45) is 0. The number of halogens is 1. The monoisotopic (exact) mass is 367 g/mol. The van der Waals surface area contributed by atoms with Crippen LogP contribution in [0.5, 0.6) is 0 Å². The Kier molecular flexibility index (Phi) is 6.36. The Morgan fingerprint density at radius 3 is 2.76 bits per heavy atom. The fraction of sp³-hybridized carbons (Fsp3) is 0.438. The van der Waals surface area contributed by atoms with Gasteiger partial charge >= 0.3 is 0 Å². The minimum Gasteiger partial charge on any atom is -0.313 e. The first-order valence-electron chi connectivity index (χ1n) is 7.16. The highest BCUT2D eigenvalue weighted by Gasteiger charge is 2.07. The van der Waals surface area contributed by atoms with Gasteiger partial charge in [-0.3, -0.25) is 4.90 Å². The molecule has 0 aliphatic carbocycles. The van der Waals surface area contributed by atoms with Gasteiger partial charge in [0, 0.05) is 29.5 Å². The van der Waals surface area contributed by atoms with Crippen molar-refractivity contribution in [3.8, 4) is 0 Å². The Bertz CT molecular complexity index is 583. The summed E-state index contributed by atoms with van der Waals surface area (Å²) in [5.41, 5.74) is 3.77. The summed E-state index contributed by atoms with van der Waals surface area (Å²) in [5, 5.41) is 6.62. The van der Waals surface area contributed by atoms with Gasteiger partial charge in [-0.1, -0.05) is 35.0 Å². The number of aromatic nitrogens is 1. The lowest BCUT2D eigenvalue weighted by molar-refractivity contribution is 0.315. The Morgan fingerprint density at radius 1 is 1.33 bits per heavy atom. The second-order valence-electron chi connectivity index (χ2n) is 5.24. The predicted molar refractivity (Wildman–Crippen MR) is 93.5 cm³/mol. The summed E-state index contributed by atoms with van der Waals surface area (Å²) < 4.78 is 1.18. The Morgan fingerprint density at radius 2 is 2.14 bits per heavy atom. The van der Waals surface area contributed by atoms with Crippen LogP contribution in [0.25, 0.3) is 0 Å². The summed E-state index contributed by atoms with van der Waals surface area (Å²) >= 11 is 5.40. The van der Waals surface area contributed by atoms with Crippen LogP contribution in [0, 0.1) is 6.92 Å². The van der Waals surface area contributed by atoms with Gasteiger partial charge in [0.05, 0.1) is 10.7 Å². The summed E-state index contributed by atoms with van der Waals surface area (Å²) in [6.45, 7) is 7.89. The molecule has 0 saturated heterocycles. The van der Waals surface area contributed by atoms with E-state index in [4.69, 9.17) is 0 Å². The van der Waals surface area contributed by atoms with Crippen LogP contribution in [0.3, 0.4) is 0 Å². The van der Waals surface area contributed by atoms with Gasteiger partial charge in [-0.15, -0.1) is 11.3 Å². The minimum absolute atomic E-state index is 0.885. The molecule has 5 heteroatoms. The van der Waals surface area contributed by atoms with Crippen molar-refractivity contribution in [3.05, 3.63) is 49.9 Å². The number of benzene rings is 1. The zero-order chi connectivity index (χ0) is 15.2. The Labute approximate surface area is 139 Å². The van der Waals surface area contributed by atoms with Gasteiger partial charge in [-0.2, -0.15) is 0 Å². The molecule has 0 aliphatic rings. The molecule has 0 aliphatic heterocycles. The molecule has 0 atom stereocenters. The maximum absolute atomic E-state index is 4.52. The standard InChI is InChI=1S/C16H22BrN3S/c1-4-18-8-13-5-6-14(16(17)7-13)9-20(3)10-15-11-21-12(2)19-15/h5-7,11,18H,4,8-10H2,1-3H3. The van der Waals surface area contributed by atoms with E-state index in [1.165, 1.54) is 15.6 Å². The molecular weight excluding hydrogens is 346 g/mol. The average molecular weight is 368 g/mol. The van der Waals surface area contributed by atoms with E-state index in [9.17, 15) is 0 Å². The molecule has 3 nitrogen and oxygen atoms in total. The van der Waals surface area contributed by atoms with E-state index in [0.717, 1.165) is 36.9 Å². The van der Waals surface area contributed by atoms with Gasteiger partial charge in [0.25, 0.3) is 0 Å². The van der Waals surface area contributed by atoms with Gasteiger partial charge in [-0.25, -0.2) is 4.98 Å². The molecule has 0 amide bonds. The zero-order valence-electron chi connectivity index (χ0n) is 12.8. The van der Waals surface area contributed by atoms with Crippen molar-refractivity contribution < 1.29 is 0 Å². The lowest BCUT2D eigenvalue weighted by Gasteiger charge is -2.17. The highest BCUT2D eigenvalue weighted by atomic mass is 79.9. The Balaban J connectivity index is 1.95. The maximum Gasteiger partial charge on any atom is 0.0897 e. The van der Waals surface area contributed by atoms with E-state index in [0.29, 0.717) is 0 Å². The van der Waals surface area contributed by atoms with E-state index in [1.807, 2.05) is 6.92 Å². The van der Waals surface area contributed by atoms with E-state index in [-0.39, 0.29) is 0 Å². The van der Waals surface area contributed by atoms with Crippen LogP contribution in [0.4, 0.5) is 0 Å². The molecule has 0 bridgehead atoms. The molecule has 1 N–H and O–H groups in total. The maximum atomic E-state index is 4.52. The van der Waals surface area contributed by atoms with Gasteiger partial charge < -0.3 is 5.32 Å². The molecule has 21 heavy (non-hydrogen) atoms. The number of hydrogen-bond donors (Lipinski definition) is 1. The smallest absolute Gasteiger partial charge is 0.0897 e. The quantitative estimate of drug-likeness (QED) is 0.802. The van der Waals surface area contributed by atoms with Crippen LogP contribution in [0.15, 0.2) is 28.1 Å². The van der Waals surface area contributed by atoms with Crippen molar-refractivity contribution in [2.24, 2.45) is 0 Å². The summed E-state index contributed by atoms with van der Waals surface area (Å²) in [5.74, 6) is 0. The second kappa shape index (κ2) is 8.03. The zero-order valence-corrected chi connectivity index (χ0v) is 15.2. The summed E-state index contributed by atoms with van der Waals surface area (Å²) in [4.78, 5) is 6.81. The molecule has 0 radical (unpaired) electrons. The highest BCUT2D eigenvalue weighted by molar-refractivity contribution is 9.10. The van der Waals surface area contributed by atoms with Crippen LogP contribution in [0.2, 0.25) is 0 Å². The fourth-order valence-corrected chi connectivity index (χ4v) is 3.36. The van der Waals surface area contributed by atoms with Gasteiger partial charge in [-0.05, 0) is 37.7 Å². The molecular formula is C16H22BrN3S. The number of thiazole rings is 1. The predicted octanol–water partition coefficient (Wildman–Crippen LogP) is 3.96. The molecule has 1 aromatic heterocycles. The third kappa shape index (κ3) is 5.18. The highest BCUT2D eigenvalue weighted by Crippen LogP contribution is 2.21. The third-order valence-corrected chi connectivity index (χ3v) is 4.80. The van der Waals surface area contributed by atoms with Crippen molar-refractivity contribution in [1.29, 1.82) is 0 Å². The first kappa shape index (κ1) is 16.6. The normalized spacial score (nSPS) is 11.3. The van der Waals surface area contributed by atoms with Gasteiger partial charge in [0.15, 0.2) is 0 Å². The molecule has 114 valence electrons. The van der Waals surface area contributed by atoms with E-state index in [1.54, 1.807) is 11.3 Å². The average Bonchev–Trinajstić information content (AvgIpc) is 2.84. The van der Waals surface area contributed by atoms with E-state index in [2.05, 4.69) is 68.7 Å². The summed E-state index contributed by atoms with van der Waals surface area (Å²) in [6, 6.07) is 6.61. The van der Waals surface area contributed by atoms with Crippen molar-refractivity contribution in [2.75, 3.05) is 13.6 Å². The van der Waals surface area contributed by atoms with Crippen LogP contribution < -0.4 is 5.32 Å². The molecule has 2 aromatic rings. The van der Waals surface area contributed by atoms with Crippen molar-refractivity contribution in [3.63, 3.8) is 0 Å². The number of nitrogens with one attached hydrogen (secondary N) is 1. The lowest BCUT2D eigenvalue weighted by atomic mass is 10.1. The topological polar surface area (TPSA) is 28.2 Å². The molecule has 0 fully saturated rings. The summed E-state index contributed by atoms with van der Waals surface area (Å²) in [7, 11) is 2.13. The van der Waals surface area contributed by atoms with Crippen molar-refractivity contribution in [2.45, 2.75) is 33.5 Å². The van der Waals surface area contributed by atoms with Crippen molar-refractivity contribution >= 4 is 27.3 Å². The van der Waals surface area contributed by atoms with Crippen LogP contribution in [-0.2, 0) is 19.6 Å². The molecule has 1 aromatic carbocycles. The molecule has 1 heterocycles. The number of hydrogen-bond acceptors (Lipinski definition) is 4. The van der Waals surface area contributed by atoms with E-state index < -0.39 is 0 Å². The first-order chi connectivity index (χ1) is 10.1. The molecule has 0 saturated carbocycles. The number of rotatable bonds is 7. The van der Waals surface area contributed by atoms with E-state index >= 15 is 0 Å². The second-order valence-corrected chi connectivity index (χ2v) is 7.15. The molecule has 0 spiro atoms. The third-order valence-electron chi connectivity index (χ3n) is 3.24. The SMILES string of the molecule is CCNCc1ccc(CN(C)Cc2csc(C)n2)c(Br)c1. The fourth-order valence-electron chi connectivity index (χ4n) is 2.20. The molecule has 2 rings (SSSR count). The van der Waals surface area contributed by atoms with Gasteiger partial charge in [0.2, 0.25) is 0 Å². The number of aryl methyl sites for hydroxylation is 1. The first-order valence-corrected chi connectivity index (χ1v) is 8.83. The number of nitrogens with zero attached hydrogens (tertiary/aromatic N) is 2. The lowest BCUT2D eigenvalue weighted by Crippen LogP contribution is -2.18. The van der Waals surface area contributed by atoms with Crippen LogP contribution in [-0.4, -0.2) is 23.5 Å². The van der Waals surface area contributed by atoms with Crippen LogP contribution in [0.1, 0.15) is 28.8 Å². The van der Waals surface area contributed by atoms with Gasteiger partial charge in [0.1, 0.15) is 0 Å². The minimum atomic E-state index is 0.885.